The average molecular weight is 350 g/mol. The van der Waals surface area contributed by atoms with Crippen LogP contribution in [0.1, 0.15) is 48.0 Å². The van der Waals surface area contributed by atoms with Gasteiger partial charge in [0.1, 0.15) is 0 Å². The van der Waals surface area contributed by atoms with Gasteiger partial charge in [-0.3, -0.25) is 0 Å². The summed E-state index contributed by atoms with van der Waals surface area (Å²) in [6.07, 6.45) is 6.35. The highest BCUT2D eigenvalue weighted by Crippen LogP contribution is 2.21. The van der Waals surface area contributed by atoms with E-state index in [0.717, 1.165) is 30.8 Å². The van der Waals surface area contributed by atoms with Gasteiger partial charge in [-0.25, -0.2) is 4.79 Å². The maximum atomic E-state index is 11.7. The third kappa shape index (κ3) is 5.46. The number of thiocarbonyl (C=S) groups is 1. The quantitative estimate of drug-likeness (QED) is 0.446. The van der Waals surface area contributed by atoms with E-state index in [9.17, 15) is 4.79 Å². The zero-order valence-corrected chi connectivity index (χ0v) is 15.2. The number of methoxy groups -OCH3 is 1. The summed E-state index contributed by atoms with van der Waals surface area (Å²) in [7, 11) is 1.38. The van der Waals surface area contributed by atoms with Crippen molar-refractivity contribution in [3.63, 3.8) is 0 Å². The summed E-state index contributed by atoms with van der Waals surface area (Å²) < 4.78 is 10.6. The Kier molecular flexibility index (Phi) is 7.46. The first-order valence-electron chi connectivity index (χ1n) is 8.46. The number of anilines is 1. The fourth-order valence-electron chi connectivity index (χ4n) is 2.85. The lowest BCUT2D eigenvalue weighted by molar-refractivity contribution is 0.0573. The number of esters is 1. The second kappa shape index (κ2) is 9.59. The van der Waals surface area contributed by atoms with Gasteiger partial charge in [0.25, 0.3) is 0 Å². The molecule has 1 saturated carbocycles. The Morgan fingerprint density at radius 3 is 2.79 bits per heavy atom. The zero-order valence-electron chi connectivity index (χ0n) is 14.4. The molecule has 2 N–H and O–H groups in total. The topological polar surface area (TPSA) is 59.6 Å². The van der Waals surface area contributed by atoms with E-state index in [0.29, 0.717) is 16.8 Å². The minimum atomic E-state index is -0.348. The largest absolute Gasteiger partial charge is 0.465 e. The van der Waals surface area contributed by atoms with Gasteiger partial charge < -0.3 is 20.1 Å². The second-order valence-corrected chi connectivity index (χ2v) is 6.39. The van der Waals surface area contributed by atoms with Crippen LogP contribution in [0.3, 0.4) is 0 Å². The maximum absolute atomic E-state index is 11.7. The molecule has 1 aliphatic rings. The number of nitrogens with one attached hydrogen (secondary N) is 2. The van der Waals surface area contributed by atoms with Crippen molar-refractivity contribution < 1.29 is 14.3 Å². The average Bonchev–Trinajstić information content (AvgIpc) is 3.09. The molecule has 1 aliphatic carbocycles. The van der Waals surface area contributed by atoms with E-state index in [4.69, 9.17) is 21.7 Å². The van der Waals surface area contributed by atoms with Crippen LogP contribution in [-0.4, -0.2) is 37.4 Å². The van der Waals surface area contributed by atoms with Gasteiger partial charge in [-0.05, 0) is 56.1 Å². The molecule has 2 rings (SSSR count). The first-order valence-corrected chi connectivity index (χ1v) is 8.87. The van der Waals surface area contributed by atoms with Crippen molar-refractivity contribution in [2.24, 2.45) is 0 Å². The molecule has 5 nitrogen and oxygen atoms in total. The summed E-state index contributed by atoms with van der Waals surface area (Å²) in [5, 5.41) is 6.85. The van der Waals surface area contributed by atoms with Crippen molar-refractivity contribution in [1.29, 1.82) is 0 Å². The van der Waals surface area contributed by atoms with Crippen molar-refractivity contribution in [2.75, 3.05) is 25.6 Å². The van der Waals surface area contributed by atoms with Crippen LogP contribution in [0.15, 0.2) is 18.2 Å². The normalized spacial score (nSPS) is 14.4. The van der Waals surface area contributed by atoms with Gasteiger partial charge in [0.05, 0.1) is 18.8 Å². The van der Waals surface area contributed by atoms with Crippen LogP contribution < -0.4 is 10.6 Å². The van der Waals surface area contributed by atoms with Gasteiger partial charge in [-0.1, -0.05) is 18.9 Å². The summed E-state index contributed by atoms with van der Waals surface area (Å²) in [4.78, 5) is 11.7. The maximum Gasteiger partial charge on any atom is 0.338 e. The van der Waals surface area contributed by atoms with E-state index < -0.39 is 0 Å². The first-order chi connectivity index (χ1) is 11.6. The third-order valence-electron chi connectivity index (χ3n) is 4.25. The Labute approximate surface area is 149 Å². The molecule has 6 heteroatoms. The Balaban J connectivity index is 1.73. The molecular formula is C18H26N2O3S. The van der Waals surface area contributed by atoms with Crippen LogP contribution >= 0.6 is 12.2 Å². The van der Waals surface area contributed by atoms with Gasteiger partial charge in [0.2, 0.25) is 0 Å². The molecule has 0 bridgehead atoms. The van der Waals surface area contributed by atoms with Crippen LogP contribution in [0.25, 0.3) is 0 Å². The second-order valence-electron chi connectivity index (χ2n) is 5.98. The number of carbonyl (C=O) groups is 1. The number of hydrogen-bond acceptors (Lipinski definition) is 4. The van der Waals surface area contributed by atoms with Crippen LogP contribution in [0.4, 0.5) is 5.69 Å². The van der Waals surface area contributed by atoms with Crippen LogP contribution in [0, 0.1) is 6.92 Å². The van der Waals surface area contributed by atoms with Crippen molar-refractivity contribution in [1.82, 2.24) is 5.32 Å². The van der Waals surface area contributed by atoms with E-state index >= 15 is 0 Å². The molecule has 0 atom stereocenters. The van der Waals surface area contributed by atoms with E-state index in [1.54, 1.807) is 12.1 Å². The Morgan fingerprint density at radius 2 is 2.08 bits per heavy atom. The molecule has 132 valence electrons. The lowest BCUT2D eigenvalue weighted by Gasteiger charge is -2.15. The van der Waals surface area contributed by atoms with E-state index in [1.165, 1.54) is 32.8 Å². The highest BCUT2D eigenvalue weighted by atomic mass is 32.1. The van der Waals surface area contributed by atoms with Crippen LogP contribution in [-0.2, 0) is 9.47 Å². The fourth-order valence-corrected chi connectivity index (χ4v) is 3.06. The molecule has 0 spiro atoms. The van der Waals surface area contributed by atoms with Crippen molar-refractivity contribution in [3.05, 3.63) is 29.3 Å². The molecule has 0 amide bonds. The minimum absolute atomic E-state index is 0.348. The zero-order chi connectivity index (χ0) is 17.4. The molecule has 0 heterocycles. The summed E-state index contributed by atoms with van der Waals surface area (Å²) in [5.41, 5.74) is 2.16. The number of ether oxygens (including phenoxy) is 2. The standard InChI is InChI=1S/C18H26N2O3S/c1-13-15(17(21)22-2)9-5-10-16(13)20-18(24)19-11-6-12-23-14-7-3-4-8-14/h5,9-10,14H,3-4,6-8,11-12H2,1-2H3,(H2,19,20,24). The smallest absolute Gasteiger partial charge is 0.338 e. The van der Waals surface area contributed by atoms with Crippen molar-refractivity contribution in [2.45, 2.75) is 45.1 Å². The lowest BCUT2D eigenvalue weighted by Crippen LogP contribution is -2.30. The van der Waals surface area contributed by atoms with Gasteiger partial charge in [0, 0.05) is 18.8 Å². The highest BCUT2D eigenvalue weighted by molar-refractivity contribution is 7.80. The van der Waals surface area contributed by atoms with Gasteiger partial charge in [-0.2, -0.15) is 0 Å². The van der Waals surface area contributed by atoms with Gasteiger partial charge >= 0.3 is 5.97 Å². The molecule has 0 saturated heterocycles. The third-order valence-corrected chi connectivity index (χ3v) is 4.50. The first kappa shape index (κ1) is 18.7. The van der Waals surface area contributed by atoms with Gasteiger partial charge in [0.15, 0.2) is 5.11 Å². The summed E-state index contributed by atoms with van der Waals surface area (Å²) in [6.45, 7) is 3.39. The molecule has 0 aliphatic heterocycles. The van der Waals surface area contributed by atoms with E-state index in [2.05, 4.69) is 10.6 Å². The van der Waals surface area contributed by atoms with Gasteiger partial charge in [-0.15, -0.1) is 0 Å². The SMILES string of the molecule is COC(=O)c1cccc(NC(=S)NCCCOC2CCCC2)c1C. The Hall–Kier alpha value is -1.66. The minimum Gasteiger partial charge on any atom is -0.465 e. The molecule has 0 aromatic heterocycles. The predicted molar refractivity (Wildman–Crippen MR) is 99.6 cm³/mol. The van der Waals surface area contributed by atoms with E-state index in [-0.39, 0.29) is 5.97 Å². The molecule has 0 unspecified atom stereocenters. The lowest BCUT2D eigenvalue weighted by atomic mass is 10.1. The molecule has 24 heavy (non-hydrogen) atoms. The van der Waals surface area contributed by atoms with E-state index in [1.807, 2.05) is 13.0 Å². The monoisotopic (exact) mass is 350 g/mol. The molecule has 1 aromatic carbocycles. The molecular weight excluding hydrogens is 324 g/mol. The fraction of sp³-hybridized carbons (Fsp3) is 0.556. The van der Waals surface area contributed by atoms with Crippen molar-refractivity contribution >= 4 is 29.0 Å². The predicted octanol–water partition coefficient (Wildman–Crippen LogP) is 3.42. The number of rotatable bonds is 7. The molecule has 1 aromatic rings. The number of benzene rings is 1. The number of carbonyl (C=O) groups excluding carboxylic acids is 1. The Bertz CT molecular complexity index is 571. The summed E-state index contributed by atoms with van der Waals surface area (Å²) in [6, 6.07) is 5.43. The highest BCUT2D eigenvalue weighted by Gasteiger charge is 2.15. The molecule has 0 radical (unpaired) electrons. The van der Waals surface area contributed by atoms with Crippen LogP contribution in [0.2, 0.25) is 0 Å². The van der Waals surface area contributed by atoms with Crippen molar-refractivity contribution in [3.8, 4) is 0 Å². The summed E-state index contributed by atoms with van der Waals surface area (Å²) >= 11 is 5.31. The van der Waals surface area contributed by atoms with Crippen LogP contribution in [0.5, 0.6) is 0 Å². The Morgan fingerprint density at radius 1 is 1.33 bits per heavy atom. The molecule has 1 fully saturated rings. The number of hydrogen-bond donors (Lipinski definition) is 2. The summed E-state index contributed by atoms with van der Waals surface area (Å²) in [5.74, 6) is -0.348.